The Morgan fingerprint density at radius 1 is 1.04 bits per heavy atom. The Balaban J connectivity index is 1.73. The molecule has 2 aromatic carbocycles. The molecule has 10 heteroatoms. The van der Waals surface area contributed by atoms with Gasteiger partial charge in [0.25, 0.3) is 0 Å². The lowest BCUT2D eigenvalue weighted by atomic mass is 10.3. The molecule has 0 bridgehead atoms. The normalized spacial score (nSPS) is 11.1. The Bertz CT molecular complexity index is 1070. The minimum atomic E-state index is -3.26. The van der Waals surface area contributed by atoms with Gasteiger partial charge in [-0.15, -0.1) is 0 Å². The fourth-order valence-electron chi connectivity index (χ4n) is 2.36. The fourth-order valence-corrected chi connectivity index (χ4v) is 2.99. The van der Waals surface area contributed by atoms with Gasteiger partial charge in [-0.05, 0) is 36.4 Å². The van der Waals surface area contributed by atoms with Crippen molar-refractivity contribution >= 4 is 27.4 Å². The van der Waals surface area contributed by atoms with E-state index >= 15 is 0 Å². The third kappa shape index (κ3) is 4.86. The number of nitrogen functional groups attached to an aromatic ring is 1. The van der Waals surface area contributed by atoms with E-state index in [1.165, 1.54) is 12.1 Å². The summed E-state index contributed by atoms with van der Waals surface area (Å²) in [5.74, 6) is 1.72. The molecule has 0 aliphatic rings. The van der Waals surface area contributed by atoms with Crippen molar-refractivity contribution in [3.8, 4) is 11.5 Å². The highest BCUT2D eigenvalue weighted by molar-refractivity contribution is 7.90. The lowest BCUT2D eigenvalue weighted by Gasteiger charge is -2.11. The predicted octanol–water partition coefficient (Wildman–Crippen LogP) is 2.19. The number of rotatable bonds is 7. The van der Waals surface area contributed by atoms with E-state index in [4.69, 9.17) is 15.2 Å². The molecule has 0 aliphatic carbocycles. The second-order valence-electron chi connectivity index (χ2n) is 5.79. The van der Waals surface area contributed by atoms with Crippen LogP contribution in [-0.2, 0) is 16.4 Å². The summed E-state index contributed by atoms with van der Waals surface area (Å²) in [5.41, 5.74) is 6.44. The van der Waals surface area contributed by atoms with Crippen molar-refractivity contribution in [1.29, 1.82) is 0 Å². The van der Waals surface area contributed by atoms with Gasteiger partial charge >= 0.3 is 0 Å². The van der Waals surface area contributed by atoms with Gasteiger partial charge in [-0.2, -0.15) is 15.0 Å². The summed E-state index contributed by atoms with van der Waals surface area (Å²) in [5, 5.41) is 3.04. The van der Waals surface area contributed by atoms with Crippen LogP contribution in [0.5, 0.6) is 11.5 Å². The Kier molecular flexibility index (Phi) is 5.59. The average molecular weight is 401 g/mol. The molecule has 1 aromatic heterocycles. The maximum Gasteiger partial charge on any atom is 0.232 e. The molecule has 3 N–H and O–H groups in total. The maximum absolute atomic E-state index is 11.5. The number of anilines is 3. The zero-order chi connectivity index (χ0) is 20.1. The minimum absolute atomic E-state index is 0.0333. The highest BCUT2D eigenvalue weighted by Gasteiger charge is 2.10. The van der Waals surface area contributed by atoms with Gasteiger partial charge in [-0.25, -0.2) is 8.42 Å². The first-order valence-corrected chi connectivity index (χ1v) is 10.1. The molecule has 3 rings (SSSR count). The summed E-state index contributed by atoms with van der Waals surface area (Å²) in [6, 6.07) is 13.4. The third-order valence-electron chi connectivity index (χ3n) is 3.67. The first kappa shape index (κ1) is 19.4. The molecule has 0 spiro atoms. The Hall–Kier alpha value is -3.40. The number of hydrogen-bond acceptors (Lipinski definition) is 9. The van der Waals surface area contributed by atoms with Gasteiger partial charge < -0.3 is 20.5 Å². The molecule has 0 saturated carbocycles. The molecule has 146 valence electrons. The summed E-state index contributed by atoms with van der Waals surface area (Å²) >= 11 is 0. The number of nitrogens with zero attached hydrogens (tertiary/aromatic N) is 3. The molecule has 1 heterocycles. The standard InChI is InChI=1S/C18H19N5O4S/c1-26-15-6-4-3-5-14(15)20-18-22-16(21-17(19)23-18)11-27-12-7-9-13(10-8-12)28(2,24)25/h3-10H,11H2,1-2H3,(H3,19,20,21,22,23). The third-order valence-corrected chi connectivity index (χ3v) is 4.80. The molecule has 0 aliphatic heterocycles. The number of hydrogen-bond donors (Lipinski definition) is 2. The zero-order valence-corrected chi connectivity index (χ0v) is 16.1. The summed E-state index contributed by atoms with van der Waals surface area (Å²) < 4.78 is 33.9. The van der Waals surface area contributed by atoms with Gasteiger partial charge in [-0.1, -0.05) is 12.1 Å². The summed E-state index contributed by atoms with van der Waals surface area (Å²) in [4.78, 5) is 12.6. The smallest absolute Gasteiger partial charge is 0.232 e. The van der Waals surface area contributed by atoms with E-state index in [0.717, 1.165) is 6.26 Å². The van der Waals surface area contributed by atoms with Crippen LogP contribution < -0.4 is 20.5 Å². The lowest BCUT2D eigenvalue weighted by molar-refractivity contribution is 0.295. The van der Waals surface area contributed by atoms with Crippen LogP contribution in [0.25, 0.3) is 0 Å². The number of nitrogens with two attached hydrogens (primary N) is 1. The SMILES string of the molecule is COc1ccccc1Nc1nc(N)nc(COc2ccc(S(C)(=O)=O)cc2)n1. The molecule has 3 aromatic rings. The molecule has 0 radical (unpaired) electrons. The van der Waals surface area contributed by atoms with Crippen LogP contribution in [0.1, 0.15) is 5.82 Å². The fraction of sp³-hybridized carbons (Fsp3) is 0.167. The molecule has 0 atom stereocenters. The molecular formula is C18H19N5O4S. The van der Waals surface area contributed by atoms with Gasteiger partial charge in [0.05, 0.1) is 17.7 Å². The van der Waals surface area contributed by atoms with E-state index in [0.29, 0.717) is 23.0 Å². The van der Waals surface area contributed by atoms with Crippen LogP contribution in [0, 0.1) is 0 Å². The number of para-hydroxylation sites is 2. The molecular weight excluding hydrogens is 382 g/mol. The van der Waals surface area contributed by atoms with Crippen LogP contribution >= 0.6 is 0 Å². The topological polar surface area (TPSA) is 129 Å². The predicted molar refractivity (Wildman–Crippen MR) is 104 cm³/mol. The van der Waals surface area contributed by atoms with E-state index < -0.39 is 9.84 Å². The Labute approximate surface area is 162 Å². The van der Waals surface area contributed by atoms with Crippen LogP contribution in [0.2, 0.25) is 0 Å². The van der Waals surface area contributed by atoms with Crippen molar-refractivity contribution in [1.82, 2.24) is 15.0 Å². The van der Waals surface area contributed by atoms with Crippen molar-refractivity contribution in [3.63, 3.8) is 0 Å². The largest absolute Gasteiger partial charge is 0.495 e. The average Bonchev–Trinajstić information content (AvgIpc) is 2.66. The van der Waals surface area contributed by atoms with Crippen molar-refractivity contribution in [3.05, 3.63) is 54.4 Å². The van der Waals surface area contributed by atoms with Crippen LogP contribution in [-0.4, -0.2) is 36.7 Å². The first-order valence-electron chi connectivity index (χ1n) is 8.18. The van der Waals surface area contributed by atoms with Gasteiger partial charge in [0.2, 0.25) is 11.9 Å². The van der Waals surface area contributed by atoms with Crippen molar-refractivity contribution in [2.45, 2.75) is 11.5 Å². The monoisotopic (exact) mass is 401 g/mol. The lowest BCUT2D eigenvalue weighted by Crippen LogP contribution is -2.09. The van der Waals surface area contributed by atoms with E-state index in [9.17, 15) is 8.42 Å². The van der Waals surface area contributed by atoms with E-state index in [-0.39, 0.29) is 23.4 Å². The molecule has 0 fully saturated rings. The summed E-state index contributed by atoms with van der Waals surface area (Å²) in [6.07, 6.45) is 1.15. The minimum Gasteiger partial charge on any atom is -0.495 e. The van der Waals surface area contributed by atoms with Gasteiger partial charge in [0, 0.05) is 6.26 Å². The van der Waals surface area contributed by atoms with Crippen LogP contribution in [0.15, 0.2) is 53.4 Å². The number of methoxy groups -OCH3 is 1. The highest BCUT2D eigenvalue weighted by Crippen LogP contribution is 2.25. The van der Waals surface area contributed by atoms with Crippen LogP contribution in [0.4, 0.5) is 17.6 Å². The highest BCUT2D eigenvalue weighted by atomic mass is 32.2. The van der Waals surface area contributed by atoms with Crippen molar-refractivity contribution in [2.75, 3.05) is 24.4 Å². The van der Waals surface area contributed by atoms with E-state index in [1.807, 2.05) is 18.2 Å². The maximum atomic E-state index is 11.5. The molecule has 0 amide bonds. The number of sulfone groups is 1. The number of ether oxygens (including phenoxy) is 2. The second-order valence-corrected chi connectivity index (χ2v) is 7.81. The van der Waals surface area contributed by atoms with Gasteiger partial charge in [0.1, 0.15) is 18.1 Å². The second kappa shape index (κ2) is 8.09. The molecule has 0 unspecified atom stereocenters. The molecule has 0 saturated heterocycles. The number of nitrogens with one attached hydrogen (secondary N) is 1. The van der Waals surface area contributed by atoms with Crippen molar-refractivity contribution in [2.24, 2.45) is 0 Å². The number of benzene rings is 2. The quantitative estimate of drug-likeness (QED) is 0.612. The number of aromatic nitrogens is 3. The summed E-state index contributed by atoms with van der Waals surface area (Å²) in [7, 11) is -1.69. The van der Waals surface area contributed by atoms with Gasteiger partial charge in [0.15, 0.2) is 15.7 Å². The Morgan fingerprint density at radius 3 is 2.43 bits per heavy atom. The first-order chi connectivity index (χ1) is 13.3. The zero-order valence-electron chi connectivity index (χ0n) is 15.3. The Morgan fingerprint density at radius 2 is 1.75 bits per heavy atom. The molecule has 28 heavy (non-hydrogen) atoms. The van der Waals surface area contributed by atoms with Crippen molar-refractivity contribution < 1.29 is 17.9 Å². The van der Waals surface area contributed by atoms with E-state index in [2.05, 4.69) is 20.3 Å². The molecule has 9 nitrogen and oxygen atoms in total. The summed E-state index contributed by atoms with van der Waals surface area (Å²) in [6.45, 7) is 0.0333. The van der Waals surface area contributed by atoms with Crippen LogP contribution in [0.3, 0.4) is 0 Å². The van der Waals surface area contributed by atoms with E-state index in [1.54, 1.807) is 25.3 Å². The van der Waals surface area contributed by atoms with Gasteiger partial charge in [-0.3, -0.25) is 0 Å².